The van der Waals surface area contributed by atoms with E-state index >= 15 is 0 Å². The molecule has 1 fully saturated rings. The molecule has 180 valence electrons. The van der Waals surface area contributed by atoms with Gasteiger partial charge in [-0.3, -0.25) is 9.53 Å². The van der Waals surface area contributed by atoms with Gasteiger partial charge in [-0.15, -0.1) is 13.2 Å². The van der Waals surface area contributed by atoms with Crippen LogP contribution in [-0.4, -0.2) is 47.2 Å². The second-order valence-electron chi connectivity index (χ2n) is 7.50. The van der Waals surface area contributed by atoms with Crippen molar-refractivity contribution in [1.29, 1.82) is 0 Å². The van der Waals surface area contributed by atoms with Crippen LogP contribution in [0.3, 0.4) is 0 Å². The van der Waals surface area contributed by atoms with Crippen LogP contribution in [0, 0.1) is 0 Å². The maximum absolute atomic E-state index is 12.9. The van der Waals surface area contributed by atoms with Crippen LogP contribution >= 0.6 is 0 Å². The van der Waals surface area contributed by atoms with Crippen LogP contribution in [0.5, 0.6) is 0 Å². The van der Waals surface area contributed by atoms with E-state index in [9.17, 15) is 31.1 Å². The molecule has 1 N–H and O–H groups in total. The number of nitrogens with one attached hydrogen (secondary N) is 1. The second kappa shape index (κ2) is 9.96. The highest BCUT2D eigenvalue weighted by atomic mass is 19.4. The average Bonchev–Trinajstić information content (AvgIpc) is 3.18. The molecular formula is C21H21F6N3O3. The van der Waals surface area contributed by atoms with Crippen molar-refractivity contribution < 1.29 is 40.6 Å². The highest BCUT2D eigenvalue weighted by molar-refractivity contribution is 5.77. The van der Waals surface area contributed by atoms with E-state index in [-0.39, 0.29) is 26.0 Å². The van der Waals surface area contributed by atoms with E-state index in [1.807, 2.05) is 0 Å². The van der Waals surface area contributed by atoms with Crippen LogP contribution in [-0.2, 0) is 20.4 Å². The first-order valence-corrected chi connectivity index (χ1v) is 9.93. The smallest absolute Gasteiger partial charge is 0.368 e. The van der Waals surface area contributed by atoms with Crippen molar-refractivity contribution in [1.82, 2.24) is 14.9 Å². The van der Waals surface area contributed by atoms with Gasteiger partial charge < -0.3 is 14.6 Å². The number of aromatic nitrogens is 2. The molecule has 33 heavy (non-hydrogen) atoms. The van der Waals surface area contributed by atoms with Gasteiger partial charge in [-0.05, 0) is 12.1 Å². The SMILES string of the molecule is C=C(CCNC(=O)CO[C@H]1C[C@@H](OC(F)(F)F)C1)n1cnc(-c2cccc(C(F)(F)F)c2)c1. The zero-order valence-corrected chi connectivity index (χ0v) is 17.2. The minimum Gasteiger partial charge on any atom is -0.368 e. The van der Waals surface area contributed by atoms with Crippen LogP contribution in [0.25, 0.3) is 17.0 Å². The van der Waals surface area contributed by atoms with E-state index in [1.165, 1.54) is 18.5 Å². The molecule has 1 heterocycles. The molecule has 1 aliphatic carbocycles. The number of hydrogen-bond acceptors (Lipinski definition) is 4. The first kappa shape index (κ1) is 24.8. The molecule has 0 bridgehead atoms. The highest BCUT2D eigenvalue weighted by Crippen LogP contribution is 2.33. The molecule has 0 saturated heterocycles. The topological polar surface area (TPSA) is 65.4 Å². The van der Waals surface area contributed by atoms with Crippen LogP contribution in [0.15, 0.2) is 43.4 Å². The number of carbonyl (C=O) groups excluding carboxylic acids is 1. The maximum Gasteiger partial charge on any atom is 0.522 e. The molecule has 12 heteroatoms. The summed E-state index contributed by atoms with van der Waals surface area (Å²) in [6, 6.07) is 4.81. The molecule has 1 aromatic heterocycles. The Kier molecular flexibility index (Phi) is 7.48. The molecule has 6 nitrogen and oxygen atoms in total. The Morgan fingerprint density at radius 1 is 1.18 bits per heavy atom. The Morgan fingerprint density at radius 2 is 1.91 bits per heavy atom. The first-order chi connectivity index (χ1) is 15.4. The van der Waals surface area contributed by atoms with Gasteiger partial charge in [0.05, 0.1) is 29.8 Å². The zero-order valence-electron chi connectivity index (χ0n) is 17.2. The van der Waals surface area contributed by atoms with E-state index in [1.54, 1.807) is 10.8 Å². The van der Waals surface area contributed by atoms with Gasteiger partial charge in [0.25, 0.3) is 0 Å². The van der Waals surface area contributed by atoms with Gasteiger partial charge in [-0.2, -0.15) is 13.2 Å². The first-order valence-electron chi connectivity index (χ1n) is 9.93. The summed E-state index contributed by atoms with van der Waals surface area (Å²) in [5.74, 6) is -0.432. The molecule has 0 radical (unpaired) electrons. The Balaban J connectivity index is 1.39. The van der Waals surface area contributed by atoms with Crippen LogP contribution in [0.1, 0.15) is 24.8 Å². The number of imidazole rings is 1. The third-order valence-corrected chi connectivity index (χ3v) is 4.97. The van der Waals surface area contributed by atoms with Crippen molar-refractivity contribution in [3.8, 4) is 11.3 Å². The summed E-state index contributed by atoms with van der Waals surface area (Å²) in [5.41, 5.74) is 0.422. The van der Waals surface area contributed by atoms with Gasteiger partial charge in [-0.1, -0.05) is 18.7 Å². The van der Waals surface area contributed by atoms with E-state index in [4.69, 9.17) is 4.74 Å². The number of halogens is 6. The van der Waals surface area contributed by atoms with Crippen molar-refractivity contribution in [3.05, 3.63) is 48.9 Å². The number of amides is 1. The second-order valence-corrected chi connectivity index (χ2v) is 7.50. The minimum absolute atomic E-state index is 0.0679. The fourth-order valence-electron chi connectivity index (χ4n) is 3.16. The van der Waals surface area contributed by atoms with Gasteiger partial charge in [-0.25, -0.2) is 4.98 Å². The van der Waals surface area contributed by atoms with Crippen LogP contribution in [0.4, 0.5) is 26.3 Å². The lowest BCUT2D eigenvalue weighted by Gasteiger charge is -2.34. The summed E-state index contributed by atoms with van der Waals surface area (Å²) < 4.78 is 85.5. The molecule has 2 aromatic rings. The minimum atomic E-state index is -4.68. The number of rotatable bonds is 9. The average molecular weight is 477 g/mol. The van der Waals surface area contributed by atoms with Gasteiger partial charge >= 0.3 is 12.5 Å². The number of hydrogen-bond donors (Lipinski definition) is 1. The molecule has 3 rings (SSSR count). The maximum atomic E-state index is 12.9. The van der Waals surface area contributed by atoms with E-state index in [0.717, 1.165) is 12.1 Å². The van der Waals surface area contributed by atoms with E-state index in [0.29, 0.717) is 23.4 Å². The Morgan fingerprint density at radius 3 is 2.58 bits per heavy atom. The summed E-state index contributed by atoms with van der Waals surface area (Å²) in [5, 5.41) is 2.60. The summed E-state index contributed by atoms with van der Waals surface area (Å²) >= 11 is 0. The molecule has 0 spiro atoms. The third kappa shape index (κ3) is 7.32. The zero-order chi connectivity index (χ0) is 24.2. The van der Waals surface area contributed by atoms with Gasteiger partial charge in [0, 0.05) is 43.3 Å². The van der Waals surface area contributed by atoms with Gasteiger partial charge in [0.2, 0.25) is 5.91 Å². The van der Waals surface area contributed by atoms with Crippen LogP contribution in [0.2, 0.25) is 0 Å². The van der Waals surface area contributed by atoms with E-state index < -0.39 is 36.2 Å². The lowest BCUT2D eigenvalue weighted by Crippen LogP contribution is -2.42. The number of alkyl halides is 6. The molecule has 0 atom stereocenters. The van der Waals surface area contributed by atoms with Gasteiger partial charge in [0.1, 0.15) is 6.61 Å². The predicted molar refractivity (Wildman–Crippen MR) is 106 cm³/mol. The monoisotopic (exact) mass is 477 g/mol. The van der Waals surface area contributed by atoms with Gasteiger partial charge in [0.15, 0.2) is 0 Å². The van der Waals surface area contributed by atoms with Crippen molar-refractivity contribution in [2.24, 2.45) is 0 Å². The normalized spacial score (nSPS) is 18.6. The predicted octanol–water partition coefficient (Wildman–Crippen LogP) is 4.63. The summed E-state index contributed by atoms with van der Waals surface area (Å²) in [6.45, 7) is 3.79. The van der Waals surface area contributed by atoms with Crippen molar-refractivity contribution in [2.75, 3.05) is 13.2 Å². The fraction of sp³-hybridized carbons (Fsp3) is 0.429. The number of ether oxygens (including phenoxy) is 2. The summed E-state index contributed by atoms with van der Waals surface area (Å²) in [4.78, 5) is 15.9. The number of carbonyl (C=O) groups is 1. The molecule has 1 amide bonds. The Hall–Kier alpha value is -2.86. The summed E-state index contributed by atoms with van der Waals surface area (Å²) in [6.07, 6.45) is -7.13. The van der Waals surface area contributed by atoms with E-state index in [2.05, 4.69) is 21.6 Å². The molecule has 1 aliphatic rings. The Bertz CT molecular complexity index is 980. The molecule has 1 aromatic carbocycles. The number of nitrogens with zero attached hydrogens (tertiary/aromatic N) is 2. The molecule has 1 saturated carbocycles. The highest BCUT2D eigenvalue weighted by Gasteiger charge is 2.40. The lowest BCUT2D eigenvalue weighted by molar-refractivity contribution is -0.357. The lowest BCUT2D eigenvalue weighted by atomic mass is 9.92. The summed E-state index contributed by atoms with van der Waals surface area (Å²) in [7, 11) is 0. The molecule has 0 aliphatic heterocycles. The van der Waals surface area contributed by atoms with Crippen molar-refractivity contribution in [2.45, 2.75) is 44.0 Å². The Labute approximate surface area is 185 Å². The fourth-order valence-corrected chi connectivity index (χ4v) is 3.16. The number of benzene rings is 1. The quantitative estimate of drug-likeness (QED) is 0.535. The third-order valence-electron chi connectivity index (χ3n) is 4.97. The molecule has 0 unspecified atom stereocenters. The van der Waals surface area contributed by atoms with Crippen molar-refractivity contribution in [3.63, 3.8) is 0 Å². The standard InChI is InChI=1S/C21H21F6N3O3/c1-13(5-6-28-19(31)11-32-16-8-17(9-16)33-21(25,26)27)30-10-18(29-12-30)14-3-2-4-15(7-14)20(22,23)24/h2-4,7,10,12,16-17H,1,5-6,8-9,11H2,(H,28,31)/t16-,17+. The largest absolute Gasteiger partial charge is 0.522 e. The molecular weight excluding hydrogens is 456 g/mol. The van der Waals surface area contributed by atoms with Crippen LogP contribution < -0.4 is 5.32 Å². The van der Waals surface area contributed by atoms with Crippen molar-refractivity contribution >= 4 is 11.6 Å².